The van der Waals surface area contributed by atoms with Crippen LogP contribution in [0, 0.1) is 0 Å². The summed E-state index contributed by atoms with van der Waals surface area (Å²) in [5.41, 5.74) is 3.78. The van der Waals surface area contributed by atoms with Crippen LogP contribution in [0.25, 0.3) is 0 Å². The summed E-state index contributed by atoms with van der Waals surface area (Å²) in [6.07, 6.45) is 4.76. The van der Waals surface area contributed by atoms with Crippen LogP contribution in [0.5, 0.6) is 0 Å². The second-order valence-corrected chi connectivity index (χ2v) is 8.09. The molecule has 0 fully saturated rings. The molecular formula is C9H9BrCl3PZr. The minimum Gasteiger partial charge on any atom is -1.00 e. The topological polar surface area (TPSA) is 0 Å². The van der Waals surface area contributed by atoms with Crippen LogP contribution in [-0.2, 0) is 24.7 Å². The maximum atomic E-state index is 3.71. The predicted molar refractivity (Wildman–Crippen MR) is 54.4 cm³/mol. The molecule has 0 N–H and O–H groups in total. The van der Waals surface area contributed by atoms with Crippen LogP contribution in [0.4, 0.5) is 0 Å². The largest absolute Gasteiger partial charge is 1.00 e. The van der Waals surface area contributed by atoms with E-state index < -0.39 is 0 Å². The summed E-state index contributed by atoms with van der Waals surface area (Å²) in [6.45, 7) is 4.57. The van der Waals surface area contributed by atoms with Crippen LogP contribution in [0.3, 0.4) is 0 Å². The third-order valence-electron chi connectivity index (χ3n) is 2.34. The Balaban J connectivity index is 0. The Morgan fingerprint density at radius 3 is 2.33 bits per heavy atom. The Bertz CT molecular complexity index is 338. The molecule has 82 valence electrons. The van der Waals surface area contributed by atoms with Crippen LogP contribution < -0.4 is 37.2 Å². The molecule has 0 aromatic carbocycles. The number of allylic oxidation sites excluding steroid dienone is 5. The molecule has 0 nitrogen and oxygen atoms in total. The van der Waals surface area contributed by atoms with Gasteiger partial charge in [0.1, 0.15) is 0 Å². The molecule has 0 saturated heterocycles. The van der Waals surface area contributed by atoms with E-state index in [1.807, 2.05) is 0 Å². The van der Waals surface area contributed by atoms with Gasteiger partial charge < -0.3 is 37.2 Å². The van der Waals surface area contributed by atoms with Gasteiger partial charge in [-0.2, -0.15) is 0 Å². The molecule has 15 heavy (non-hydrogen) atoms. The maximum Gasteiger partial charge on any atom is -1.00 e. The fourth-order valence-electron chi connectivity index (χ4n) is 1.68. The summed E-state index contributed by atoms with van der Waals surface area (Å²) < 4.78 is 3.06. The van der Waals surface area contributed by atoms with Gasteiger partial charge in [-0.15, -0.1) is 0 Å². The van der Waals surface area contributed by atoms with E-state index in [2.05, 4.69) is 41.7 Å². The van der Waals surface area contributed by atoms with E-state index in [9.17, 15) is 0 Å². The quantitative estimate of drug-likeness (QED) is 0.340. The van der Waals surface area contributed by atoms with Gasteiger partial charge in [0.2, 0.25) is 0 Å². The van der Waals surface area contributed by atoms with Crippen LogP contribution in [0.15, 0.2) is 30.8 Å². The molecule has 1 heterocycles. The average Bonchev–Trinajstić information content (AvgIpc) is 2.49. The van der Waals surface area contributed by atoms with Crippen LogP contribution in [-0.4, -0.2) is 12.3 Å². The molecule has 2 rings (SSSR count). The summed E-state index contributed by atoms with van der Waals surface area (Å²) in [6, 6.07) is 0. The SMILES string of the molecule is CC1=CC2C(=C1)[C]([Zr+3])=C(Br)P2C.[Cl-].[Cl-].[Cl-]. The Kier molecular flexibility index (Phi) is 9.42. The fourth-order valence-corrected chi connectivity index (χ4v) is 6.53. The van der Waals surface area contributed by atoms with Crippen molar-refractivity contribution >= 4 is 23.9 Å². The number of hydrogen-bond acceptors (Lipinski definition) is 0. The zero-order chi connectivity index (χ0) is 8.88. The molecule has 0 aromatic rings. The van der Waals surface area contributed by atoms with E-state index in [0.717, 1.165) is 5.66 Å². The normalized spacial score (nSPS) is 27.0. The predicted octanol–water partition coefficient (Wildman–Crippen LogP) is -5.51. The molecule has 6 heteroatoms. The van der Waals surface area contributed by atoms with Crippen LogP contribution in [0.2, 0.25) is 0 Å². The molecular weight excluding hydrogens is 417 g/mol. The summed E-state index contributed by atoms with van der Waals surface area (Å²) in [5.74, 6) is 0. The third kappa shape index (κ3) is 3.43. The summed E-state index contributed by atoms with van der Waals surface area (Å²) >= 11 is 5.26. The van der Waals surface area contributed by atoms with Gasteiger partial charge in [-0.25, -0.2) is 0 Å². The summed E-state index contributed by atoms with van der Waals surface area (Å²) in [7, 11) is 0.0415. The van der Waals surface area contributed by atoms with Gasteiger partial charge in [-0.1, -0.05) is 0 Å². The van der Waals surface area contributed by atoms with E-state index in [1.54, 1.807) is 33.6 Å². The summed E-state index contributed by atoms with van der Waals surface area (Å²) in [5, 5.41) is 0. The first-order chi connectivity index (χ1) is 5.61. The van der Waals surface area contributed by atoms with Crippen molar-refractivity contribution in [2.45, 2.75) is 12.6 Å². The Hall–Kier alpha value is 1.88. The molecule has 0 spiro atoms. The zero-order valence-electron chi connectivity index (χ0n) is 8.19. The van der Waals surface area contributed by atoms with Gasteiger partial charge in [-0.3, -0.25) is 0 Å². The number of halogens is 4. The number of hydrogen-bond donors (Lipinski definition) is 0. The summed E-state index contributed by atoms with van der Waals surface area (Å²) in [4.78, 5) is 0. The van der Waals surface area contributed by atoms with Crippen molar-refractivity contribution in [2.75, 3.05) is 6.66 Å². The van der Waals surface area contributed by atoms with Gasteiger partial charge in [-0.05, 0) is 0 Å². The van der Waals surface area contributed by atoms with Gasteiger partial charge in [0.15, 0.2) is 0 Å². The Morgan fingerprint density at radius 2 is 1.87 bits per heavy atom. The van der Waals surface area contributed by atoms with Crippen molar-refractivity contribution < 1.29 is 61.9 Å². The average molecular weight is 426 g/mol. The van der Waals surface area contributed by atoms with Gasteiger partial charge >= 0.3 is 98.6 Å². The first-order valence-corrected chi connectivity index (χ1v) is 7.74. The van der Waals surface area contributed by atoms with E-state index >= 15 is 0 Å². The standard InChI is InChI=1S/C9H9BrP.3ClH.Zr/c1-6-3-7-5-9(10)11(2)8(7)4-6;;;;/h3-4,8H,1-2H3;3*1H;/q;;;;+3/p-3. The molecule has 1 aliphatic heterocycles. The van der Waals surface area contributed by atoms with Crippen molar-refractivity contribution in [1.82, 2.24) is 0 Å². The molecule has 2 unspecified atom stereocenters. The molecule has 0 amide bonds. The molecule has 2 atom stereocenters. The molecule has 0 radical (unpaired) electrons. The molecule has 0 bridgehead atoms. The smallest absolute Gasteiger partial charge is 1.00 e. The zero-order valence-corrected chi connectivity index (χ0v) is 15.4. The monoisotopic (exact) mass is 422 g/mol. The maximum absolute atomic E-state index is 3.71. The molecule has 1 aliphatic carbocycles. The van der Waals surface area contributed by atoms with E-state index in [0.29, 0.717) is 0 Å². The first-order valence-electron chi connectivity index (χ1n) is 3.86. The van der Waals surface area contributed by atoms with E-state index in [1.165, 1.54) is 9.80 Å². The van der Waals surface area contributed by atoms with E-state index in [-0.39, 0.29) is 45.1 Å². The van der Waals surface area contributed by atoms with Crippen molar-refractivity contribution in [3.8, 4) is 0 Å². The second-order valence-electron chi connectivity index (χ2n) is 3.23. The minimum absolute atomic E-state index is 0. The number of fused-ring (bicyclic) bond motifs is 1. The van der Waals surface area contributed by atoms with Gasteiger partial charge in [0, 0.05) is 0 Å². The first kappa shape index (κ1) is 19.2. The Labute approximate surface area is 134 Å². The van der Waals surface area contributed by atoms with Crippen molar-refractivity contribution in [1.29, 1.82) is 0 Å². The molecule has 2 aliphatic rings. The molecule has 0 aromatic heterocycles. The fraction of sp³-hybridized carbons (Fsp3) is 0.333. The van der Waals surface area contributed by atoms with Gasteiger partial charge in [0.25, 0.3) is 0 Å². The van der Waals surface area contributed by atoms with Crippen LogP contribution in [0.1, 0.15) is 6.92 Å². The third-order valence-corrected chi connectivity index (χ3v) is 9.26. The van der Waals surface area contributed by atoms with Crippen molar-refractivity contribution in [3.63, 3.8) is 0 Å². The second kappa shape index (κ2) is 7.35. The number of rotatable bonds is 0. The molecule has 0 saturated carbocycles. The van der Waals surface area contributed by atoms with E-state index in [4.69, 9.17) is 0 Å². The van der Waals surface area contributed by atoms with Crippen molar-refractivity contribution in [3.05, 3.63) is 30.8 Å². The minimum atomic E-state index is 0. The van der Waals surface area contributed by atoms with Crippen molar-refractivity contribution in [2.24, 2.45) is 0 Å². The van der Waals surface area contributed by atoms with Gasteiger partial charge in [0.05, 0.1) is 0 Å². The Morgan fingerprint density at radius 1 is 1.33 bits per heavy atom. The van der Waals surface area contributed by atoms with Crippen LogP contribution >= 0.6 is 23.9 Å².